The van der Waals surface area contributed by atoms with Crippen LogP contribution < -0.4 is 11.3 Å². The van der Waals surface area contributed by atoms with Crippen molar-refractivity contribution < 1.29 is 0 Å². The van der Waals surface area contributed by atoms with Gasteiger partial charge in [0.25, 0.3) is 5.56 Å². The van der Waals surface area contributed by atoms with Crippen molar-refractivity contribution >= 4 is 5.69 Å². The molecule has 0 bridgehead atoms. The minimum Gasteiger partial charge on any atom is -0.398 e. The highest BCUT2D eigenvalue weighted by Gasteiger charge is 2.10. The Balaban J connectivity index is 2.10. The van der Waals surface area contributed by atoms with Crippen LogP contribution in [0.4, 0.5) is 5.69 Å². The number of nitrogen functional groups attached to an aromatic ring is 1. The van der Waals surface area contributed by atoms with Crippen LogP contribution in [0, 0.1) is 6.92 Å². The number of nitrogens with two attached hydrogens (primary N) is 1. The monoisotopic (exact) mass is 278 g/mol. The molecule has 3 rings (SSSR count). The lowest BCUT2D eigenvalue weighted by molar-refractivity contribution is 0.963. The molecule has 0 atom stereocenters. The van der Waals surface area contributed by atoms with Gasteiger partial charge in [-0.2, -0.15) is 0 Å². The van der Waals surface area contributed by atoms with Gasteiger partial charge in [-0.3, -0.25) is 4.79 Å². The summed E-state index contributed by atoms with van der Waals surface area (Å²) in [6.07, 6.45) is 0. The van der Waals surface area contributed by atoms with Gasteiger partial charge in [0.05, 0.1) is 0 Å². The lowest BCUT2D eigenvalue weighted by Crippen LogP contribution is -2.14. The van der Waals surface area contributed by atoms with E-state index in [1.54, 1.807) is 6.07 Å². The maximum absolute atomic E-state index is 12.2. The van der Waals surface area contributed by atoms with Gasteiger partial charge in [-0.15, -0.1) is 10.2 Å². The molecule has 104 valence electrons. The van der Waals surface area contributed by atoms with E-state index in [2.05, 4.69) is 15.2 Å². The smallest absolute Gasteiger partial charge is 0.278 e. The second kappa shape index (κ2) is 5.20. The van der Waals surface area contributed by atoms with Crippen molar-refractivity contribution in [2.75, 3.05) is 5.73 Å². The van der Waals surface area contributed by atoms with Gasteiger partial charge in [-0.25, -0.2) is 0 Å². The zero-order chi connectivity index (χ0) is 14.8. The number of hydrogen-bond acceptors (Lipinski definition) is 4. The zero-order valence-electron chi connectivity index (χ0n) is 11.5. The summed E-state index contributed by atoms with van der Waals surface area (Å²) in [7, 11) is 0. The van der Waals surface area contributed by atoms with Gasteiger partial charge in [0.2, 0.25) is 0 Å². The Labute approximate surface area is 121 Å². The summed E-state index contributed by atoms with van der Waals surface area (Å²) in [5.41, 5.74) is 8.94. The minimum atomic E-state index is -0.285. The summed E-state index contributed by atoms with van der Waals surface area (Å²) in [6, 6.07) is 14.8. The predicted octanol–water partition coefficient (Wildman–Crippen LogP) is 2.39. The maximum atomic E-state index is 12.2. The first-order valence-electron chi connectivity index (χ1n) is 6.54. The summed E-state index contributed by atoms with van der Waals surface area (Å²) in [5, 5.41) is 8.15. The predicted molar refractivity (Wildman–Crippen MR) is 82.7 cm³/mol. The number of rotatable bonds is 2. The van der Waals surface area contributed by atoms with E-state index in [1.807, 2.05) is 49.4 Å². The third kappa shape index (κ3) is 2.53. The fraction of sp³-hybridized carbons (Fsp3) is 0.0625. The lowest BCUT2D eigenvalue weighted by Gasteiger charge is -2.06. The lowest BCUT2D eigenvalue weighted by atomic mass is 10.1. The molecule has 0 saturated carbocycles. The van der Waals surface area contributed by atoms with Gasteiger partial charge in [0.15, 0.2) is 11.5 Å². The van der Waals surface area contributed by atoms with E-state index in [1.165, 1.54) is 0 Å². The highest BCUT2D eigenvalue weighted by atomic mass is 16.1. The van der Waals surface area contributed by atoms with Crippen LogP contribution in [0.25, 0.3) is 22.6 Å². The van der Waals surface area contributed by atoms with Crippen molar-refractivity contribution in [3.63, 3.8) is 0 Å². The molecule has 0 aliphatic heterocycles. The second-order valence-corrected chi connectivity index (χ2v) is 4.81. The van der Waals surface area contributed by atoms with Gasteiger partial charge >= 0.3 is 0 Å². The number of aromatic amines is 1. The molecule has 0 aliphatic rings. The van der Waals surface area contributed by atoms with Crippen molar-refractivity contribution in [3.05, 3.63) is 64.4 Å². The summed E-state index contributed by atoms with van der Waals surface area (Å²) < 4.78 is 0. The Morgan fingerprint density at radius 3 is 2.52 bits per heavy atom. The Morgan fingerprint density at radius 1 is 1.05 bits per heavy atom. The van der Waals surface area contributed by atoms with Crippen LogP contribution in [0.15, 0.2) is 53.3 Å². The summed E-state index contributed by atoms with van der Waals surface area (Å²) >= 11 is 0. The van der Waals surface area contributed by atoms with Gasteiger partial charge in [-0.05, 0) is 19.1 Å². The van der Waals surface area contributed by atoms with E-state index in [4.69, 9.17) is 5.73 Å². The van der Waals surface area contributed by atoms with E-state index in [9.17, 15) is 4.79 Å². The fourth-order valence-electron chi connectivity index (χ4n) is 2.12. The minimum absolute atomic E-state index is 0.285. The summed E-state index contributed by atoms with van der Waals surface area (Å²) in [6.45, 7) is 1.95. The highest BCUT2D eigenvalue weighted by molar-refractivity contribution is 5.72. The van der Waals surface area contributed by atoms with E-state index in [0.717, 1.165) is 11.1 Å². The molecule has 0 unspecified atom stereocenters. The molecule has 5 nitrogen and oxygen atoms in total. The van der Waals surface area contributed by atoms with Crippen LogP contribution in [0.5, 0.6) is 0 Å². The largest absolute Gasteiger partial charge is 0.398 e. The molecule has 3 aromatic rings. The highest BCUT2D eigenvalue weighted by Crippen LogP contribution is 2.23. The Hall–Kier alpha value is -2.95. The van der Waals surface area contributed by atoms with E-state index < -0.39 is 0 Å². The number of aryl methyl sites for hydroxylation is 1. The third-order valence-electron chi connectivity index (χ3n) is 3.21. The summed E-state index contributed by atoms with van der Waals surface area (Å²) in [4.78, 5) is 15.0. The number of nitrogens with one attached hydrogen (secondary N) is 1. The molecule has 1 heterocycles. The Bertz CT molecular complexity index is 840. The van der Waals surface area contributed by atoms with Crippen LogP contribution >= 0.6 is 0 Å². The molecule has 21 heavy (non-hydrogen) atoms. The standard InChI is InChI=1S/C16H14N4O/c1-10-7-8-13(17)12(9-10)15-18-16(21)14(19-20-15)11-5-3-2-4-6-11/h2-9H,17H2,1H3,(H,18,20,21). The zero-order valence-corrected chi connectivity index (χ0v) is 11.5. The van der Waals surface area contributed by atoms with Crippen LogP contribution in [0.1, 0.15) is 5.56 Å². The molecule has 0 aliphatic carbocycles. The van der Waals surface area contributed by atoms with Crippen LogP contribution in [-0.4, -0.2) is 15.2 Å². The molecule has 0 radical (unpaired) electrons. The number of benzene rings is 2. The summed E-state index contributed by atoms with van der Waals surface area (Å²) in [5.74, 6) is 0.376. The topological polar surface area (TPSA) is 84.7 Å². The average molecular weight is 278 g/mol. The van der Waals surface area contributed by atoms with Crippen molar-refractivity contribution in [2.45, 2.75) is 6.92 Å². The van der Waals surface area contributed by atoms with Crippen LogP contribution in [-0.2, 0) is 0 Å². The molecule has 2 aromatic carbocycles. The molecule has 0 amide bonds. The first kappa shape index (κ1) is 13.1. The molecule has 0 spiro atoms. The number of nitrogens with zero attached hydrogens (tertiary/aromatic N) is 2. The maximum Gasteiger partial charge on any atom is 0.278 e. The van der Waals surface area contributed by atoms with E-state index in [0.29, 0.717) is 22.8 Å². The van der Waals surface area contributed by atoms with E-state index >= 15 is 0 Å². The van der Waals surface area contributed by atoms with Gasteiger partial charge < -0.3 is 10.7 Å². The number of aromatic nitrogens is 3. The normalized spacial score (nSPS) is 10.5. The van der Waals surface area contributed by atoms with Crippen molar-refractivity contribution in [1.82, 2.24) is 15.2 Å². The molecule has 3 N–H and O–H groups in total. The van der Waals surface area contributed by atoms with Gasteiger partial charge in [-0.1, -0.05) is 42.0 Å². The SMILES string of the molecule is Cc1ccc(N)c(-c2nnc(-c3ccccc3)c(=O)[nH]2)c1. The third-order valence-corrected chi connectivity index (χ3v) is 3.21. The Kier molecular flexibility index (Phi) is 3.23. The van der Waals surface area contributed by atoms with E-state index in [-0.39, 0.29) is 5.56 Å². The van der Waals surface area contributed by atoms with Gasteiger partial charge in [0.1, 0.15) is 0 Å². The first-order valence-corrected chi connectivity index (χ1v) is 6.54. The van der Waals surface area contributed by atoms with Crippen molar-refractivity contribution in [2.24, 2.45) is 0 Å². The molecular weight excluding hydrogens is 264 g/mol. The average Bonchev–Trinajstić information content (AvgIpc) is 2.50. The molecular formula is C16H14N4O. The fourth-order valence-corrected chi connectivity index (χ4v) is 2.12. The number of H-pyrrole nitrogens is 1. The molecule has 1 aromatic heterocycles. The van der Waals surface area contributed by atoms with Crippen molar-refractivity contribution in [3.8, 4) is 22.6 Å². The quantitative estimate of drug-likeness (QED) is 0.705. The number of anilines is 1. The molecule has 5 heteroatoms. The van der Waals surface area contributed by atoms with Crippen molar-refractivity contribution in [1.29, 1.82) is 0 Å². The first-order chi connectivity index (χ1) is 10.1. The Morgan fingerprint density at radius 2 is 1.81 bits per heavy atom. The second-order valence-electron chi connectivity index (χ2n) is 4.81. The molecule has 0 fully saturated rings. The van der Waals surface area contributed by atoms with Gasteiger partial charge in [0, 0.05) is 16.8 Å². The van der Waals surface area contributed by atoms with Crippen LogP contribution in [0.2, 0.25) is 0 Å². The van der Waals surface area contributed by atoms with Crippen LogP contribution in [0.3, 0.4) is 0 Å². The number of hydrogen-bond donors (Lipinski definition) is 2. The molecule has 0 saturated heterocycles.